The number of nitrogens with one attached hydrogen (secondary N) is 1. The van der Waals surface area contributed by atoms with E-state index >= 15 is 0 Å². The number of nitrogens with zero attached hydrogens (tertiary/aromatic N) is 4. The maximum absolute atomic E-state index is 12.9. The molecule has 0 aromatic carbocycles. The zero-order valence-electron chi connectivity index (χ0n) is 16.9. The van der Waals surface area contributed by atoms with Gasteiger partial charge >= 0.3 is 6.18 Å². The summed E-state index contributed by atoms with van der Waals surface area (Å²) in [4.78, 5) is 21.4. The lowest BCUT2D eigenvalue weighted by molar-refractivity contribution is -0.141. The average molecular weight is 431 g/mol. The van der Waals surface area contributed by atoms with Crippen LogP contribution >= 0.6 is 0 Å². The second-order valence-electron chi connectivity index (χ2n) is 7.31. The van der Waals surface area contributed by atoms with Gasteiger partial charge in [0.05, 0.1) is 18.8 Å². The Kier molecular flexibility index (Phi) is 5.38. The standard InChI is InChI=1S/C21H20F3N5O2/c1-29-17(10-18(28-29)21(22,23)24)20(30)27-15-5-3-4-13-11-26-16(9-14(13)15)12-6-7-25-19(8-12)31-2/h6-11,15H,3-5H2,1-2H3,(H,27,30). The van der Waals surface area contributed by atoms with Gasteiger partial charge in [0, 0.05) is 37.1 Å². The topological polar surface area (TPSA) is 81.9 Å². The first-order valence-electron chi connectivity index (χ1n) is 9.67. The van der Waals surface area contributed by atoms with Crippen molar-refractivity contribution < 1.29 is 22.7 Å². The molecular weight excluding hydrogens is 411 g/mol. The smallest absolute Gasteiger partial charge is 0.435 e. The van der Waals surface area contributed by atoms with Gasteiger partial charge in [-0.3, -0.25) is 14.5 Å². The second-order valence-corrected chi connectivity index (χ2v) is 7.31. The van der Waals surface area contributed by atoms with E-state index in [9.17, 15) is 18.0 Å². The Labute approximate surface area is 176 Å². The van der Waals surface area contributed by atoms with Crippen molar-refractivity contribution in [2.45, 2.75) is 31.5 Å². The van der Waals surface area contributed by atoms with Gasteiger partial charge in [-0.25, -0.2) is 4.98 Å². The van der Waals surface area contributed by atoms with Crippen molar-refractivity contribution in [2.75, 3.05) is 7.11 Å². The van der Waals surface area contributed by atoms with Gasteiger partial charge in [-0.2, -0.15) is 18.3 Å². The predicted octanol–water partition coefficient (Wildman–Crippen LogP) is 3.71. The number of methoxy groups -OCH3 is 1. The van der Waals surface area contributed by atoms with Crippen LogP contribution in [0.3, 0.4) is 0 Å². The van der Waals surface area contributed by atoms with Crippen molar-refractivity contribution >= 4 is 5.91 Å². The molecule has 0 radical (unpaired) electrons. The van der Waals surface area contributed by atoms with Crippen LogP contribution < -0.4 is 10.1 Å². The number of fused-ring (bicyclic) bond motifs is 1. The Morgan fingerprint density at radius 3 is 2.77 bits per heavy atom. The maximum atomic E-state index is 12.9. The quantitative estimate of drug-likeness (QED) is 0.681. The molecule has 3 heterocycles. The molecule has 0 aliphatic heterocycles. The number of rotatable bonds is 4. The summed E-state index contributed by atoms with van der Waals surface area (Å²) in [6.45, 7) is 0. The van der Waals surface area contributed by atoms with Crippen LogP contribution in [-0.2, 0) is 19.6 Å². The zero-order chi connectivity index (χ0) is 22.2. The molecule has 0 spiro atoms. The van der Waals surface area contributed by atoms with Crippen molar-refractivity contribution in [3.05, 3.63) is 59.2 Å². The van der Waals surface area contributed by atoms with E-state index < -0.39 is 17.8 Å². The van der Waals surface area contributed by atoms with Crippen LogP contribution in [0.25, 0.3) is 11.3 Å². The van der Waals surface area contributed by atoms with Gasteiger partial charge in [0.1, 0.15) is 5.69 Å². The highest BCUT2D eigenvalue weighted by molar-refractivity contribution is 5.93. The SMILES string of the molecule is COc1cc(-c2cc3c(cn2)CCCC3NC(=O)c2cc(C(F)(F)F)nn2C)ccn1. The molecule has 1 unspecified atom stereocenters. The number of carbonyl (C=O) groups is 1. The fraction of sp³-hybridized carbons (Fsp3) is 0.333. The maximum Gasteiger partial charge on any atom is 0.435 e. The van der Waals surface area contributed by atoms with Gasteiger partial charge in [0.2, 0.25) is 5.88 Å². The minimum atomic E-state index is -4.61. The van der Waals surface area contributed by atoms with E-state index in [-0.39, 0.29) is 11.7 Å². The lowest BCUT2D eigenvalue weighted by Crippen LogP contribution is -2.32. The van der Waals surface area contributed by atoms with Crippen molar-refractivity contribution in [3.63, 3.8) is 0 Å². The number of hydrogen-bond donors (Lipinski definition) is 1. The molecule has 3 aromatic rings. The normalized spacial score (nSPS) is 16.0. The minimum absolute atomic E-state index is 0.146. The van der Waals surface area contributed by atoms with Crippen LogP contribution in [0.5, 0.6) is 5.88 Å². The Morgan fingerprint density at radius 1 is 1.26 bits per heavy atom. The molecule has 1 amide bonds. The third-order valence-corrected chi connectivity index (χ3v) is 5.28. The number of hydrogen-bond acceptors (Lipinski definition) is 5. The summed E-state index contributed by atoms with van der Waals surface area (Å²) < 4.78 is 44.9. The summed E-state index contributed by atoms with van der Waals surface area (Å²) >= 11 is 0. The molecular formula is C21H20F3N5O2. The third-order valence-electron chi connectivity index (χ3n) is 5.28. The number of halogens is 3. The molecule has 0 saturated heterocycles. The number of aryl methyl sites for hydroxylation is 2. The summed E-state index contributed by atoms with van der Waals surface area (Å²) in [5.41, 5.74) is 2.17. The highest BCUT2D eigenvalue weighted by atomic mass is 19.4. The summed E-state index contributed by atoms with van der Waals surface area (Å²) in [6, 6.07) is 5.89. The Balaban J connectivity index is 1.62. The van der Waals surface area contributed by atoms with E-state index in [0.717, 1.165) is 40.3 Å². The van der Waals surface area contributed by atoms with Crippen molar-refractivity contribution in [1.82, 2.24) is 25.1 Å². The van der Waals surface area contributed by atoms with Gasteiger partial charge < -0.3 is 10.1 Å². The predicted molar refractivity (Wildman–Crippen MR) is 105 cm³/mol. The van der Waals surface area contributed by atoms with Gasteiger partial charge in [0.15, 0.2) is 5.69 Å². The number of carbonyl (C=O) groups excluding carboxylic acids is 1. The molecule has 0 saturated carbocycles. The first-order valence-corrected chi connectivity index (χ1v) is 9.67. The van der Waals surface area contributed by atoms with E-state index in [1.807, 2.05) is 12.1 Å². The van der Waals surface area contributed by atoms with Gasteiger partial charge in [0.25, 0.3) is 5.91 Å². The molecule has 1 N–H and O–H groups in total. The molecule has 10 heteroatoms. The van der Waals surface area contributed by atoms with Crippen molar-refractivity contribution in [3.8, 4) is 17.1 Å². The van der Waals surface area contributed by atoms with Crippen LogP contribution in [0.15, 0.2) is 36.7 Å². The molecule has 7 nitrogen and oxygen atoms in total. The molecule has 4 rings (SSSR count). The monoisotopic (exact) mass is 431 g/mol. The molecule has 1 aliphatic carbocycles. The molecule has 31 heavy (non-hydrogen) atoms. The Hall–Kier alpha value is -3.43. The van der Waals surface area contributed by atoms with Crippen LogP contribution in [0, 0.1) is 0 Å². The number of ether oxygens (including phenoxy) is 1. The molecule has 0 fully saturated rings. The first-order chi connectivity index (χ1) is 14.8. The van der Waals surface area contributed by atoms with Crippen molar-refractivity contribution in [2.24, 2.45) is 7.05 Å². The summed E-state index contributed by atoms with van der Waals surface area (Å²) in [7, 11) is 2.85. The average Bonchev–Trinajstić information content (AvgIpc) is 3.16. The number of aromatic nitrogens is 4. The van der Waals surface area contributed by atoms with E-state index in [0.29, 0.717) is 18.0 Å². The second kappa shape index (κ2) is 8.01. The highest BCUT2D eigenvalue weighted by Crippen LogP contribution is 2.33. The number of pyridine rings is 2. The number of amides is 1. The lowest BCUT2D eigenvalue weighted by Gasteiger charge is -2.26. The Bertz CT molecular complexity index is 1130. The minimum Gasteiger partial charge on any atom is -0.481 e. The van der Waals surface area contributed by atoms with E-state index in [1.165, 1.54) is 14.2 Å². The van der Waals surface area contributed by atoms with Gasteiger partial charge in [-0.05, 0) is 42.5 Å². The molecule has 1 aliphatic rings. The Morgan fingerprint density at radius 2 is 2.06 bits per heavy atom. The lowest BCUT2D eigenvalue weighted by atomic mass is 9.88. The van der Waals surface area contributed by atoms with E-state index in [2.05, 4.69) is 20.4 Å². The van der Waals surface area contributed by atoms with Crippen LogP contribution in [-0.4, -0.2) is 32.8 Å². The fourth-order valence-electron chi connectivity index (χ4n) is 3.72. The van der Waals surface area contributed by atoms with E-state index in [1.54, 1.807) is 18.5 Å². The molecule has 0 bridgehead atoms. The van der Waals surface area contributed by atoms with Crippen LogP contribution in [0.1, 0.15) is 46.2 Å². The molecule has 162 valence electrons. The zero-order valence-corrected chi connectivity index (χ0v) is 16.9. The molecule has 1 atom stereocenters. The summed E-state index contributed by atoms with van der Waals surface area (Å²) in [5.74, 6) is -0.147. The van der Waals surface area contributed by atoms with Gasteiger partial charge in [-0.1, -0.05) is 0 Å². The largest absolute Gasteiger partial charge is 0.481 e. The highest BCUT2D eigenvalue weighted by Gasteiger charge is 2.36. The third kappa shape index (κ3) is 4.23. The fourth-order valence-corrected chi connectivity index (χ4v) is 3.72. The summed E-state index contributed by atoms with van der Waals surface area (Å²) in [5, 5.41) is 6.28. The summed E-state index contributed by atoms with van der Waals surface area (Å²) in [6.07, 6.45) is 1.11. The number of alkyl halides is 3. The van der Waals surface area contributed by atoms with Gasteiger partial charge in [-0.15, -0.1) is 0 Å². The van der Waals surface area contributed by atoms with Crippen LogP contribution in [0.4, 0.5) is 13.2 Å². The molecule has 3 aromatic heterocycles. The van der Waals surface area contributed by atoms with Crippen molar-refractivity contribution in [1.29, 1.82) is 0 Å². The van der Waals surface area contributed by atoms with E-state index in [4.69, 9.17) is 4.74 Å². The first kappa shape index (κ1) is 20.8. The van der Waals surface area contributed by atoms with Crippen LogP contribution in [0.2, 0.25) is 0 Å².